The van der Waals surface area contributed by atoms with E-state index >= 15 is 0 Å². The zero-order valence-corrected chi connectivity index (χ0v) is 35.8. The van der Waals surface area contributed by atoms with E-state index in [0.717, 1.165) is 101 Å². The standard InChI is InChI=1S/C59H42N2O3/c1-58-27-59(2,28-58)57(62)40-25-43-41(24-42(40)58)53-38(34-11-7-15-47-51(34)36-9-3-5-13-45(36)63-47)23-39(35-12-8-16-48-52(35)37-10-4-6-14-46(37)64-48)54-55-44(61(43)56(53)54)22-33(26-60)49-31-18-29-17-30(19-31)21-32(20-29)50(49)55/h3-16,22-25,29-32H,17-21,27-28H2,1-2H3. The number of hydrogen-bond acceptors (Lipinski definition) is 4. The van der Waals surface area contributed by atoms with Gasteiger partial charge in [-0.1, -0.05) is 74.5 Å². The van der Waals surface area contributed by atoms with Crippen molar-refractivity contribution in [2.75, 3.05) is 0 Å². The third kappa shape index (κ3) is 3.99. The maximum Gasteiger partial charge on any atom is 0.169 e. The van der Waals surface area contributed by atoms with Gasteiger partial charge in [-0.25, -0.2) is 0 Å². The largest absolute Gasteiger partial charge is 0.456 e. The fourth-order valence-corrected chi connectivity index (χ4v) is 15.6. The first-order valence-corrected chi connectivity index (χ1v) is 23.4. The number of hydrogen-bond donors (Lipinski definition) is 0. The maximum atomic E-state index is 14.6. The summed E-state index contributed by atoms with van der Waals surface area (Å²) in [5.74, 6) is 2.45. The predicted molar refractivity (Wildman–Crippen MR) is 256 cm³/mol. The molecule has 64 heavy (non-hydrogen) atoms. The number of carbonyl (C=O) groups excluding carboxylic acids is 1. The Morgan fingerprint density at radius 2 is 1.14 bits per heavy atom. The second kappa shape index (κ2) is 11.2. The number of Topliss-reactive ketones (excluding diaryl/α,β-unsaturated/α-hetero) is 1. The van der Waals surface area contributed by atoms with Gasteiger partial charge in [0.2, 0.25) is 0 Å². The molecule has 0 saturated heterocycles. The lowest BCUT2D eigenvalue weighted by Gasteiger charge is -2.57. The van der Waals surface area contributed by atoms with Gasteiger partial charge in [-0.05, 0) is 162 Å². The summed E-state index contributed by atoms with van der Waals surface area (Å²) in [6.45, 7) is 4.53. The SMILES string of the molecule is CC12CC(C)(C1)c1cc3c4c(-c5cccc6oc7ccccc7c56)cc(-c5cccc6oc7ccccc7c56)c5c6c7c(c(C#N)cc6n(c3cc1C2=O)c45)C1CC2CC(C1)CC7C2. The summed E-state index contributed by atoms with van der Waals surface area (Å²) in [6, 6.07) is 42.1. The average Bonchev–Trinajstić information content (AvgIpc) is 4.02. The van der Waals surface area contributed by atoms with Gasteiger partial charge >= 0.3 is 0 Å². The third-order valence-electron chi connectivity index (χ3n) is 17.5. The van der Waals surface area contributed by atoms with E-state index in [0.29, 0.717) is 23.7 Å². The van der Waals surface area contributed by atoms with Crippen LogP contribution in [0.3, 0.4) is 0 Å². The van der Waals surface area contributed by atoms with Crippen molar-refractivity contribution in [1.82, 2.24) is 4.40 Å². The quantitative estimate of drug-likeness (QED) is 0.174. The van der Waals surface area contributed by atoms with Gasteiger partial charge in [0.15, 0.2) is 5.78 Å². The first-order valence-electron chi connectivity index (χ1n) is 23.4. The molecule has 6 bridgehead atoms. The molecule has 4 heterocycles. The van der Waals surface area contributed by atoms with Crippen molar-refractivity contribution in [1.29, 1.82) is 5.26 Å². The molecule has 7 aromatic carbocycles. The van der Waals surface area contributed by atoms with Crippen LogP contribution in [-0.4, -0.2) is 10.2 Å². The van der Waals surface area contributed by atoms with Crippen molar-refractivity contribution in [3.05, 3.63) is 137 Å². The summed E-state index contributed by atoms with van der Waals surface area (Å²) in [5.41, 5.74) is 16.6. The lowest BCUT2D eigenvalue weighted by molar-refractivity contribution is 0.0280. The number of rotatable bonds is 2. The number of nitrogens with zero attached hydrogens (tertiary/aromatic N) is 2. The molecule has 7 aliphatic carbocycles. The Morgan fingerprint density at radius 3 is 1.78 bits per heavy atom. The molecule has 5 heteroatoms. The molecule has 3 saturated carbocycles. The Kier molecular flexibility index (Phi) is 6.07. The molecule has 4 aromatic heterocycles. The molecule has 11 aromatic rings. The molecule has 18 rings (SSSR count). The Labute approximate surface area is 368 Å². The van der Waals surface area contributed by atoms with E-state index < -0.39 is 0 Å². The highest BCUT2D eigenvalue weighted by atomic mass is 16.3. The van der Waals surface area contributed by atoms with Crippen molar-refractivity contribution in [3.8, 4) is 28.3 Å². The summed E-state index contributed by atoms with van der Waals surface area (Å²) in [5, 5.41) is 20.6. The van der Waals surface area contributed by atoms with Crippen LogP contribution >= 0.6 is 0 Å². The molecule has 0 radical (unpaired) electrons. The summed E-state index contributed by atoms with van der Waals surface area (Å²) in [4.78, 5) is 14.6. The van der Waals surface area contributed by atoms with Crippen molar-refractivity contribution >= 4 is 87.8 Å². The summed E-state index contributed by atoms with van der Waals surface area (Å²) in [6.07, 6.45) is 7.81. The van der Waals surface area contributed by atoms with Crippen LogP contribution in [0.4, 0.5) is 0 Å². The van der Waals surface area contributed by atoms with Crippen LogP contribution in [0.25, 0.3) is 104 Å². The van der Waals surface area contributed by atoms with E-state index in [9.17, 15) is 10.1 Å². The van der Waals surface area contributed by atoms with Crippen LogP contribution < -0.4 is 0 Å². The molecule has 0 aliphatic heterocycles. The van der Waals surface area contributed by atoms with Crippen molar-refractivity contribution in [3.63, 3.8) is 0 Å². The van der Waals surface area contributed by atoms with Gasteiger partial charge in [-0.2, -0.15) is 5.26 Å². The Hall–Kier alpha value is -6.90. The smallest absolute Gasteiger partial charge is 0.169 e. The second-order valence-electron chi connectivity index (χ2n) is 21.2. The van der Waals surface area contributed by atoms with Crippen LogP contribution in [0, 0.1) is 28.6 Å². The minimum atomic E-state index is -0.332. The van der Waals surface area contributed by atoms with Crippen LogP contribution in [0.1, 0.15) is 103 Å². The topological polar surface area (TPSA) is 71.6 Å². The van der Waals surface area contributed by atoms with Gasteiger partial charge < -0.3 is 13.2 Å². The zero-order chi connectivity index (χ0) is 42.1. The minimum Gasteiger partial charge on any atom is -0.456 e. The molecule has 0 N–H and O–H groups in total. The molecule has 2 unspecified atom stereocenters. The van der Waals surface area contributed by atoms with E-state index in [1.165, 1.54) is 76.0 Å². The molecule has 306 valence electrons. The van der Waals surface area contributed by atoms with E-state index in [-0.39, 0.29) is 16.6 Å². The van der Waals surface area contributed by atoms with Crippen LogP contribution in [0.5, 0.6) is 0 Å². The molecule has 0 spiro atoms. The molecule has 5 nitrogen and oxygen atoms in total. The Morgan fingerprint density at radius 1 is 0.547 bits per heavy atom. The molecular weight excluding hydrogens is 785 g/mol. The predicted octanol–water partition coefficient (Wildman–Crippen LogP) is 15.5. The number of para-hydroxylation sites is 2. The van der Waals surface area contributed by atoms with Gasteiger partial charge in [-0.3, -0.25) is 4.79 Å². The van der Waals surface area contributed by atoms with Gasteiger partial charge in [0.05, 0.1) is 28.2 Å². The molecule has 3 fully saturated rings. The van der Waals surface area contributed by atoms with Gasteiger partial charge in [0.25, 0.3) is 0 Å². The average molecular weight is 827 g/mol. The molecule has 0 amide bonds. The summed E-state index contributed by atoms with van der Waals surface area (Å²) in [7, 11) is 0. The van der Waals surface area contributed by atoms with Crippen molar-refractivity contribution < 1.29 is 13.6 Å². The number of fused-ring (bicyclic) bond motifs is 12. The summed E-state index contributed by atoms with van der Waals surface area (Å²) < 4.78 is 15.7. The Bertz CT molecular complexity index is 4030. The van der Waals surface area contributed by atoms with E-state index in [1.54, 1.807) is 0 Å². The van der Waals surface area contributed by atoms with Crippen LogP contribution in [0.2, 0.25) is 0 Å². The third-order valence-corrected chi connectivity index (χ3v) is 17.5. The first kappa shape index (κ1) is 34.6. The first-order chi connectivity index (χ1) is 31.3. The normalized spacial score (nSPS) is 25.7. The number of furan rings is 2. The number of benzene rings is 7. The lowest BCUT2D eigenvalue weighted by atomic mass is 9.45. The molecular formula is C59H42N2O3. The monoisotopic (exact) mass is 826 g/mol. The number of nitriles is 1. The highest BCUT2D eigenvalue weighted by Gasteiger charge is 2.59. The van der Waals surface area contributed by atoms with Gasteiger partial charge in [0.1, 0.15) is 22.3 Å². The number of ketones is 1. The van der Waals surface area contributed by atoms with Crippen molar-refractivity contribution in [2.45, 2.75) is 76.0 Å². The maximum absolute atomic E-state index is 14.6. The van der Waals surface area contributed by atoms with Crippen molar-refractivity contribution in [2.24, 2.45) is 17.3 Å². The van der Waals surface area contributed by atoms with Crippen LogP contribution in [0.15, 0.2) is 118 Å². The fraction of sp³-hybridized carbons (Fsp3) is 0.254. The molecule has 2 atom stereocenters. The Balaban J connectivity index is 1.18. The minimum absolute atomic E-state index is 0.0616. The highest BCUT2D eigenvalue weighted by Crippen LogP contribution is 2.64. The van der Waals surface area contributed by atoms with Gasteiger partial charge in [0, 0.05) is 54.1 Å². The highest BCUT2D eigenvalue weighted by molar-refractivity contribution is 6.34. The summed E-state index contributed by atoms with van der Waals surface area (Å²) >= 11 is 0. The van der Waals surface area contributed by atoms with E-state index in [2.05, 4.69) is 127 Å². The molecule has 7 aliphatic rings. The van der Waals surface area contributed by atoms with Crippen LogP contribution in [-0.2, 0) is 5.41 Å². The fourth-order valence-electron chi connectivity index (χ4n) is 15.6. The number of aromatic nitrogens is 1. The van der Waals surface area contributed by atoms with Gasteiger partial charge in [-0.15, -0.1) is 0 Å². The number of carbonyl (C=O) groups is 1. The zero-order valence-electron chi connectivity index (χ0n) is 35.8. The second-order valence-corrected chi connectivity index (χ2v) is 21.2. The lowest BCUT2D eigenvalue weighted by Crippen LogP contribution is -2.55. The van der Waals surface area contributed by atoms with E-state index in [4.69, 9.17) is 8.83 Å². The van der Waals surface area contributed by atoms with E-state index in [1.807, 2.05) is 6.07 Å².